The molecule has 2 bridgehead atoms. The Morgan fingerprint density at radius 1 is 0.885 bits per heavy atom. The van der Waals surface area contributed by atoms with Gasteiger partial charge >= 0.3 is 23.3 Å². The van der Waals surface area contributed by atoms with E-state index in [4.69, 9.17) is 8.85 Å². The molecule has 0 amide bonds. The van der Waals surface area contributed by atoms with Crippen LogP contribution in [-0.4, -0.2) is 72.5 Å². The highest BCUT2D eigenvalue weighted by molar-refractivity contribution is 6.74. The fourth-order valence-corrected chi connectivity index (χ4v) is 15.6. The number of aromatic nitrogens is 3. The summed E-state index contributed by atoms with van der Waals surface area (Å²) in [6.45, 7) is 30.3. The number of halogens is 2. The first-order valence-corrected chi connectivity index (χ1v) is 28.6. The third-order valence-electron chi connectivity index (χ3n) is 17.9. The number of aliphatic hydroxyl groups is 1. The van der Waals surface area contributed by atoms with Gasteiger partial charge in [-0.05, 0) is 123 Å². The molecule has 1 N–H and O–H groups in total. The van der Waals surface area contributed by atoms with E-state index in [1.165, 1.54) is 11.5 Å². The fourth-order valence-electron chi connectivity index (χ4n) is 12.8. The Morgan fingerprint density at radius 2 is 1.48 bits per heavy atom. The van der Waals surface area contributed by atoms with Crippen LogP contribution in [0.4, 0.5) is 8.78 Å². The van der Waals surface area contributed by atoms with Crippen LogP contribution in [0.2, 0.25) is 36.3 Å². The van der Waals surface area contributed by atoms with Crippen LogP contribution in [0.1, 0.15) is 114 Å². The predicted octanol–water partition coefficient (Wildman–Crippen LogP) is 9.38. The lowest BCUT2D eigenvalue weighted by molar-refractivity contribution is -0.234. The van der Waals surface area contributed by atoms with E-state index < -0.39 is 56.5 Å². The number of esters is 1. The molecule has 0 radical (unpaired) electrons. The average Bonchev–Trinajstić information content (AvgIpc) is 3.65. The van der Waals surface area contributed by atoms with Crippen LogP contribution in [0.5, 0.6) is 0 Å². The zero-order valence-electron chi connectivity index (χ0n) is 39.2. The molecule has 61 heavy (non-hydrogen) atoms. The molecule has 4 aliphatic carbocycles. The van der Waals surface area contributed by atoms with Crippen molar-refractivity contribution in [2.24, 2.45) is 34.5 Å². The number of fused-ring (bicyclic) bond motifs is 1. The molecule has 1 unspecified atom stereocenters. The van der Waals surface area contributed by atoms with Gasteiger partial charge in [-0.2, -0.15) is 8.78 Å². The van der Waals surface area contributed by atoms with E-state index in [1.54, 1.807) is 12.1 Å². The second-order valence-electron chi connectivity index (χ2n) is 23.0. The number of allylic oxidation sites excluding steroid dienone is 2. The SMILES string of the molecule is CCOC(=O)C(F)(F)C(O)C[C@@H](C)[C@H]1CC[C@@H]2[C@]1(C)CC[C@H]1[C@]23C=C[C@]2(C[C@@H](O[Si](C)(C)C(C)(C)C)C[C@H](O[Si](C)(C)C(C)(C)C)[C@]12C)n1c(=O)n(-c2ccccc2)c(=O)n13. The molecular formula is C47H73F2N3O7Si2. The molecular weight excluding hydrogens is 813 g/mol. The monoisotopic (exact) mass is 885 g/mol. The van der Waals surface area contributed by atoms with Gasteiger partial charge in [0.25, 0.3) is 0 Å². The van der Waals surface area contributed by atoms with E-state index in [0.29, 0.717) is 31.4 Å². The normalized spacial score (nSPS) is 34.6. The molecule has 1 aromatic carbocycles. The highest BCUT2D eigenvalue weighted by Gasteiger charge is 2.78. The standard InChI is InChI=1S/C47H73F2N3O7Si2/c1-15-57-38(54)47(48,49)36(53)27-30(2)33-21-22-34-43(33,9)24-23-35-44(10)37(59-61(13,14)42(6,7)8)28-32(58-60(11,12)41(3,4)5)29-45(44)25-26-46(34,35)52-40(56)50(39(55)51(45)52)31-19-17-16-18-20-31/h16-20,25-26,30,32-37,53H,15,21-24,27-29H2,1-14H3/t30-,32+,33-,34-,35-,36?,37+,43-,44+,45-,46+/m1/s1. The summed E-state index contributed by atoms with van der Waals surface area (Å²) in [6.07, 6.45) is 5.58. The first-order chi connectivity index (χ1) is 28.0. The summed E-state index contributed by atoms with van der Waals surface area (Å²) >= 11 is 0. The van der Waals surface area contributed by atoms with Crippen LogP contribution in [-0.2, 0) is 29.5 Å². The molecule has 3 heterocycles. The Morgan fingerprint density at radius 3 is 2.07 bits per heavy atom. The van der Waals surface area contributed by atoms with E-state index in [9.17, 15) is 9.90 Å². The van der Waals surface area contributed by atoms with Crippen molar-refractivity contribution in [2.75, 3.05) is 6.61 Å². The second kappa shape index (κ2) is 14.7. The van der Waals surface area contributed by atoms with Crippen molar-refractivity contribution < 1.29 is 32.3 Å². The number of carbonyl (C=O) groups is 1. The highest BCUT2D eigenvalue weighted by atomic mass is 28.4. The number of hydrogen-bond donors (Lipinski definition) is 1. The van der Waals surface area contributed by atoms with Crippen LogP contribution in [0.25, 0.3) is 5.69 Å². The van der Waals surface area contributed by atoms with E-state index in [-0.39, 0.29) is 70.4 Å². The van der Waals surface area contributed by atoms with Gasteiger partial charge in [0.15, 0.2) is 16.6 Å². The smallest absolute Gasteiger partial charge is 0.379 e. The molecule has 2 aliphatic heterocycles. The quantitative estimate of drug-likeness (QED) is 0.136. The number of ether oxygens (including phenoxy) is 1. The largest absolute Gasteiger partial charge is 0.461 e. The third-order valence-corrected chi connectivity index (χ3v) is 26.9. The van der Waals surface area contributed by atoms with Crippen molar-refractivity contribution in [1.82, 2.24) is 13.9 Å². The van der Waals surface area contributed by atoms with Crippen LogP contribution >= 0.6 is 0 Å². The summed E-state index contributed by atoms with van der Waals surface area (Å²) < 4.78 is 55.1. The molecule has 14 heteroatoms. The molecule has 0 saturated heterocycles. The molecule has 2 spiro atoms. The minimum Gasteiger partial charge on any atom is -0.461 e. The van der Waals surface area contributed by atoms with Crippen LogP contribution in [0, 0.1) is 34.5 Å². The molecule has 10 nitrogen and oxygen atoms in total. The minimum atomic E-state index is -4.04. The molecule has 2 aromatic rings. The summed E-state index contributed by atoms with van der Waals surface area (Å²) in [4.78, 5) is 43.3. The molecule has 340 valence electrons. The van der Waals surface area contributed by atoms with Crippen LogP contribution in [0.3, 0.4) is 0 Å². The third kappa shape index (κ3) is 6.50. The maximum absolute atomic E-state index is 15.5. The molecule has 3 fully saturated rings. The molecule has 3 saturated carbocycles. The number of nitrogens with zero attached hydrogens (tertiary/aromatic N) is 3. The van der Waals surface area contributed by atoms with Gasteiger partial charge in [0, 0.05) is 11.8 Å². The summed E-state index contributed by atoms with van der Waals surface area (Å²) in [7, 11) is -4.78. The van der Waals surface area contributed by atoms with Gasteiger partial charge in [-0.25, -0.2) is 28.3 Å². The van der Waals surface area contributed by atoms with Gasteiger partial charge in [0.1, 0.15) is 6.10 Å². The Labute approximate surface area is 363 Å². The molecule has 8 rings (SSSR count). The van der Waals surface area contributed by atoms with Gasteiger partial charge in [-0.15, -0.1) is 0 Å². The number of benzene rings is 1. The van der Waals surface area contributed by atoms with Crippen molar-refractivity contribution >= 4 is 22.6 Å². The van der Waals surface area contributed by atoms with Crippen molar-refractivity contribution in [3.05, 3.63) is 63.5 Å². The zero-order valence-corrected chi connectivity index (χ0v) is 41.2. The Balaban J connectivity index is 1.44. The molecule has 11 atom stereocenters. The molecule has 6 aliphatic rings. The Hall–Kier alpha value is -2.66. The van der Waals surface area contributed by atoms with Gasteiger partial charge < -0.3 is 18.7 Å². The topological polar surface area (TPSA) is 114 Å². The zero-order chi connectivity index (χ0) is 45.3. The minimum absolute atomic E-state index is 0.0599. The van der Waals surface area contributed by atoms with Crippen molar-refractivity contribution in [3.8, 4) is 5.69 Å². The number of carbonyl (C=O) groups excluding carboxylic acids is 1. The van der Waals surface area contributed by atoms with E-state index >= 15 is 18.4 Å². The summed E-state index contributed by atoms with van der Waals surface area (Å²) in [5.74, 6) is -6.49. The van der Waals surface area contributed by atoms with Gasteiger partial charge in [0.2, 0.25) is 0 Å². The maximum Gasteiger partial charge on any atom is 0.379 e. The molecule has 1 aromatic heterocycles. The predicted molar refractivity (Wildman–Crippen MR) is 239 cm³/mol. The van der Waals surface area contributed by atoms with Crippen molar-refractivity contribution in [1.29, 1.82) is 0 Å². The Bertz CT molecular complexity index is 2170. The van der Waals surface area contributed by atoms with E-state index in [1.807, 2.05) is 34.5 Å². The van der Waals surface area contributed by atoms with Gasteiger partial charge in [0.05, 0.1) is 35.6 Å². The lowest BCUT2D eigenvalue weighted by Gasteiger charge is -2.73. The van der Waals surface area contributed by atoms with E-state index in [2.05, 4.69) is 98.5 Å². The summed E-state index contributed by atoms with van der Waals surface area (Å²) in [5.41, 5.74) is -3.27. The average molecular weight is 886 g/mol. The van der Waals surface area contributed by atoms with Gasteiger partial charge in [-0.1, -0.05) is 92.7 Å². The first-order valence-electron chi connectivity index (χ1n) is 22.8. The summed E-state index contributed by atoms with van der Waals surface area (Å²) in [5, 5.41) is 10.7. The number of alkyl halides is 2. The number of para-hydroxylation sites is 1. The lowest BCUT2D eigenvalue weighted by atomic mass is 9.40. The first kappa shape index (κ1) is 46.3. The van der Waals surface area contributed by atoms with Crippen LogP contribution < -0.4 is 11.4 Å². The van der Waals surface area contributed by atoms with E-state index in [0.717, 1.165) is 12.8 Å². The highest BCUT2D eigenvalue weighted by Crippen LogP contribution is 2.75. The number of aliphatic hydroxyl groups excluding tert-OH is 1. The Kier molecular flexibility index (Phi) is 11.2. The second-order valence-corrected chi connectivity index (χ2v) is 32.5. The number of rotatable bonds is 11. The van der Waals surface area contributed by atoms with Crippen molar-refractivity contribution in [3.63, 3.8) is 0 Å². The number of hydrogen-bond acceptors (Lipinski definition) is 7. The van der Waals surface area contributed by atoms with Crippen molar-refractivity contribution in [2.45, 2.75) is 186 Å². The van der Waals surface area contributed by atoms with Gasteiger partial charge in [-0.3, -0.25) is 0 Å². The summed E-state index contributed by atoms with van der Waals surface area (Å²) in [6, 6.07) is 9.16. The fraction of sp³-hybridized carbons (Fsp3) is 0.766. The lowest BCUT2D eigenvalue weighted by Crippen LogP contribution is -2.80. The van der Waals surface area contributed by atoms with Crippen LogP contribution in [0.15, 0.2) is 52.1 Å². The maximum atomic E-state index is 15.5.